The van der Waals surface area contributed by atoms with Crippen LogP contribution in [0.4, 0.5) is 0 Å². The Bertz CT molecular complexity index is 545. The van der Waals surface area contributed by atoms with Gasteiger partial charge in [-0.1, -0.05) is 74.3 Å². The maximum atomic E-state index is 2.33. The molecule has 1 unspecified atom stereocenters. The molecule has 0 bridgehead atoms. The second-order valence-corrected chi connectivity index (χ2v) is 6.00. The molecular weight excluding hydrogens is 259 g/mol. The van der Waals surface area contributed by atoms with Crippen molar-refractivity contribution in [3.05, 3.63) is 78.6 Å². The summed E-state index contributed by atoms with van der Waals surface area (Å²) in [7, 11) is -0.299. The van der Waals surface area contributed by atoms with Crippen LogP contribution in [0.3, 0.4) is 0 Å². The first-order valence-electron chi connectivity index (χ1n) is 5.73. The molecule has 0 spiro atoms. The van der Waals surface area contributed by atoms with Gasteiger partial charge in [0.25, 0.3) is 0 Å². The van der Waals surface area contributed by atoms with Crippen molar-refractivity contribution in [2.24, 2.45) is 0 Å². The molecular formula is C16H14ClP. The van der Waals surface area contributed by atoms with Crippen LogP contribution in [0.15, 0.2) is 78.6 Å². The van der Waals surface area contributed by atoms with E-state index in [1.807, 2.05) is 0 Å². The Morgan fingerprint density at radius 3 is 1.89 bits per heavy atom. The van der Waals surface area contributed by atoms with Crippen LogP contribution >= 0.6 is 19.9 Å². The van der Waals surface area contributed by atoms with Crippen LogP contribution in [0.1, 0.15) is 0 Å². The van der Waals surface area contributed by atoms with Gasteiger partial charge < -0.3 is 0 Å². The molecule has 0 saturated carbocycles. The van der Waals surface area contributed by atoms with Crippen LogP contribution in [-0.4, -0.2) is 0 Å². The number of hydrogen-bond acceptors (Lipinski definition) is 0. The van der Waals surface area contributed by atoms with Crippen molar-refractivity contribution >= 4 is 19.9 Å². The fourth-order valence-electron chi connectivity index (χ4n) is 2.04. The third-order valence-electron chi connectivity index (χ3n) is 2.85. The van der Waals surface area contributed by atoms with Crippen LogP contribution < -0.4 is 0 Å². The van der Waals surface area contributed by atoms with Crippen molar-refractivity contribution in [1.82, 2.24) is 0 Å². The molecule has 1 heterocycles. The molecule has 18 heavy (non-hydrogen) atoms. The van der Waals surface area contributed by atoms with Crippen LogP contribution in [0.2, 0.25) is 0 Å². The van der Waals surface area contributed by atoms with Gasteiger partial charge in [0.2, 0.25) is 0 Å². The van der Waals surface area contributed by atoms with Gasteiger partial charge in [-0.3, -0.25) is 0 Å². The fourth-order valence-corrected chi connectivity index (χ4v) is 4.08. The van der Waals surface area contributed by atoms with Gasteiger partial charge in [-0.2, -0.15) is 0 Å². The largest absolute Gasteiger partial charge is 0.147 e. The Balaban J connectivity index is 0.00000120. The Kier molecular flexibility index (Phi) is 4.25. The van der Waals surface area contributed by atoms with Gasteiger partial charge in [-0.15, -0.1) is 12.4 Å². The zero-order valence-corrected chi connectivity index (χ0v) is 11.6. The standard InChI is InChI=1S/C16H13P.ClH/c1-3-8-14(9-4-1)16-12-7-13-17(16)15-10-5-2-6-11-15;/h1-13H;1H. The van der Waals surface area contributed by atoms with Crippen molar-refractivity contribution in [3.63, 3.8) is 0 Å². The Morgan fingerprint density at radius 2 is 1.22 bits per heavy atom. The Labute approximate surface area is 115 Å². The third-order valence-corrected chi connectivity index (χ3v) is 5.10. The maximum Gasteiger partial charge on any atom is 0.00563 e. The smallest absolute Gasteiger partial charge is 0.00563 e. The third kappa shape index (κ3) is 2.51. The molecule has 0 fully saturated rings. The highest BCUT2D eigenvalue weighted by Gasteiger charge is 2.05. The van der Waals surface area contributed by atoms with E-state index in [9.17, 15) is 0 Å². The van der Waals surface area contributed by atoms with Crippen molar-refractivity contribution < 1.29 is 0 Å². The highest BCUT2D eigenvalue weighted by molar-refractivity contribution is 7.59. The van der Waals surface area contributed by atoms with Gasteiger partial charge in [0.15, 0.2) is 0 Å². The first kappa shape index (κ1) is 13.0. The second-order valence-electron chi connectivity index (χ2n) is 3.97. The number of halogens is 1. The van der Waals surface area contributed by atoms with Gasteiger partial charge in [-0.25, -0.2) is 0 Å². The van der Waals surface area contributed by atoms with Crippen molar-refractivity contribution in [1.29, 1.82) is 0 Å². The summed E-state index contributed by atoms with van der Waals surface area (Å²) in [6, 6.07) is 25.8. The Hall–Kier alpha value is -1.49. The van der Waals surface area contributed by atoms with Crippen molar-refractivity contribution in [3.8, 4) is 16.2 Å². The summed E-state index contributed by atoms with van der Waals surface area (Å²) < 4.78 is 0. The molecule has 2 aromatic carbocycles. The van der Waals surface area contributed by atoms with Crippen LogP contribution in [0, 0.1) is 0 Å². The molecule has 1 atom stereocenters. The lowest BCUT2D eigenvalue weighted by molar-refractivity contribution is 1.70. The van der Waals surface area contributed by atoms with Gasteiger partial charge in [0.1, 0.15) is 0 Å². The summed E-state index contributed by atoms with van der Waals surface area (Å²) in [6.45, 7) is 0. The molecule has 0 nitrogen and oxygen atoms in total. The lowest BCUT2D eigenvalue weighted by Crippen LogP contribution is -1.71. The fraction of sp³-hybridized carbons (Fsp3) is 0. The number of benzene rings is 2. The number of rotatable bonds is 2. The minimum Gasteiger partial charge on any atom is -0.147 e. The molecule has 2 heteroatoms. The minimum absolute atomic E-state index is 0. The van der Waals surface area contributed by atoms with E-state index in [1.165, 1.54) is 16.2 Å². The summed E-state index contributed by atoms with van der Waals surface area (Å²) in [6.07, 6.45) is 0. The predicted molar refractivity (Wildman–Crippen MR) is 83.2 cm³/mol. The minimum atomic E-state index is -0.299. The average molecular weight is 273 g/mol. The van der Waals surface area contributed by atoms with E-state index in [1.54, 1.807) is 0 Å². The quantitative estimate of drug-likeness (QED) is 0.557. The molecule has 0 amide bonds. The SMILES string of the molecule is Cl.c1ccc(-c2cccp2-c2ccccc2)cc1. The first-order chi connectivity index (χ1) is 8.45. The van der Waals surface area contributed by atoms with Gasteiger partial charge >= 0.3 is 0 Å². The summed E-state index contributed by atoms with van der Waals surface area (Å²) in [5.74, 6) is 2.33. The zero-order valence-electron chi connectivity index (χ0n) is 9.86. The predicted octanol–water partition coefficient (Wildman–Crippen LogP) is 5.75. The molecule has 90 valence electrons. The first-order valence-corrected chi connectivity index (χ1v) is 7.14. The maximum absolute atomic E-state index is 2.33. The van der Waals surface area contributed by atoms with Crippen LogP contribution in [-0.2, 0) is 0 Å². The highest BCUT2D eigenvalue weighted by atomic mass is 35.5. The topological polar surface area (TPSA) is 0 Å². The van der Waals surface area contributed by atoms with Crippen LogP contribution in [0.25, 0.3) is 16.2 Å². The van der Waals surface area contributed by atoms with E-state index in [2.05, 4.69) is 78.6 Å². The van der Waals surface area contributed by atoms with E-state index in [0.29, 0.717) is 0 Å². The van der Waals surface area contributed by atoms with Gasteiger partial charge in [0, 0.05) is 5.30 Å². The molecule has 0 aliphatic carbocycles. The Morgan fingerprint density at radius 1 is 0.611 bits per heavy atom. The summed E-state index contributed by atoms with van der Waals surface area (Å²) in [4.78, 5) is 0. The van der Waals surface area contributed by atoms with E-state index < -0.39 is 0 Å². The van der Waals surface area contributed by atoms with Gasteiger partial charge in [-0.05, 0) is 22.7 Å². The highest BCUT2D eigenvalue weighted by Crippen LogP contribution is 2.48. The number of hydrogen-bond donors (Lipinski definition) is 0. The molecule has 0 N–H and O–H groups in total. The molecule has 3 aromatic rings. The summed E-state index contributed by atoms with van der Waals surface area (Å²) in [5, 5.41) is 2.87. The van der Waals surface area contributed by atoms with Crippen molar-refractivity contribution in [2.75, 3.05) is 0 Å². The van der Waals surface area contributed by atoms with E-state index >= 15 is 0 Å². The molecule has 1 aromatic heterocycles. The normalized spacial score (nSPS) is 10.8. The van der Waals surface area contributed by atoms with Crippen molar-refractivity contribution in [2.45, 2.75) is 0 Å². The van der Waals surface area contributed by atoms with Crippen LogP contribution in [0.5, 0.6) is 0 Å². The summed E-state index contributed by atoms with van der Waals surface area (Å²) >= 11 is 0. The van der Waals surface area contributed by atoms with E-state index in [4.69, 9.17) is 0 Å². The molecule has 0 aliphatic rings. The lowest BCUT2D eigenvalue weighted by atomic mass is 10.2. The van der Waals surface area contributed by atoms with Gasteiger partial charge in [0.05, 0.1) is 0 Å². The average Bonchev–Trinajstić information content (AvgIpc) is 2.90. The molecule has 0 radical (unpaired) electrons. The zero-order chi connectivity index (χ0) is 11.5. The molecule has 0 saturated heterocycles. The monoisotopic (exact) mass is 272 g/mol. The molecule has 0 aliphatic heterocycles. The molecule has 3 rings (SSSR count). The van der Waals surface area contributed by atoms with E-state index in [-0.39, 0.29) is 19.9 Å². The summed E-state index contributed by atoms with van der Waals surface area (Å²) in [5.41, 5.74) is 1.34. The lowest BCUT2D eigenvalue weighted by Gasteiger charge is -2.05. The van der Waals surface area contributed by atoms with E-state index in [0.717, 1.165) is 0 Å². The second kappa shape index (κ2) is 5.91.